The number of methoxy groups -OCH3 is 2. The van der Waals surface area contributed by atoms with Crippen LogP contribution in [-0.4, -0.2) is 35.0 Å². The van der Waals surface area contributed by atoms with Crippen LogP contribution in [0.4, 0.5) is 4.79 Å². The summed E-state index contributed by atoms with van der Waals surface area (Å²) in [5.41, 5.74) is 2.81. The van der Waals surface area contributed by atoms with Gasteiger partial charge >= 0.3 is 6.03 Å². The Bertz CT molecular complexity index is 910. The van der Waals surface area contributed by atoms with Gasteiger partial charge in [0.25, 0.3) is 0 Å². The van der Waals surface area contributed by atoms with Crippen molar-refractivity contribution in [2.24, 2.45) is 0 Å². The lowest BCUT2D eigenvalue weighted by atomic mass is 10.1. The van der Waals surface area contributed by atoms with Gasteiger partial charge in [-0.3, -0.25) is 0 Å². The largest absolute Gasteiger partial charge is 0.493 e. The van der Waals surface area contributed by atoms with Gasteiger partial charge in [0.1, 0.15) is 12.7 Å². The van der Waals surface area contributed by atoms with E-state index < -0.39 is 0 Å². The first kappa shape index (κ1) is 19.2. The summed E-state index contributed by atoms with van der Waals surface area (Å²) in [6.45, 7) is 2.31. The minimum absolute atomic E-state index is 0.143. The number of benzene rings is 2. The van der Waals surface area contributed by atoms with Crippen LogP contribution in [-0.2, 0) is 6.54 Å². The fourth-order valence-electron chi connectivity index (χ4n) is 2.76. The van der Waals surface area contributed by atoms with Gasteiger partial charge in [-0.05, 0) is 42.3 Å². The molecule has 0 saturated carbocycles. The number of hydrogen-bond donors (Lipinski definition) is 2. The predicted molar refractivity (Wildman–Crippen MR) is 105 cm³/mol. The fourth-order valence-corrected chi connectivity index (χ4v) is 2.76. The molecule has 0 aliphatic rings. The lowest BCUT2D eigenvalue weighted by Gasteiger charge is -2.16. The van der Waals surface area contributed by atoms with Crippen LogP contribution in [0.25, 0.3) is 5.69 Å². The second-order valence-electron chi connectivity index (χ2n) is 6.17. The van der Waals surface area contributed by atoms with Gasteiger partial charge < -0.3 is 20.1 Å². The average molecular weight is 381 g/mol. The number of aromatic nitrogens is 3. The third-order valence-corrected chi connectivity index (χ3v) is 4.33. The van der Waals surface area contributed by atoms with Crippen molar-refractivity contribution in [2.75, 3.05) is 14.2 Å². The number of carbonyl (C=O) groups is 1. The quantitative estimate of drug-likeness (QED) is 0.657. The summed E-state index contributed by atoms with van der Waals surface area (Å²) in [6.07, 6.45) is 3.12. The van der Waals surface area contributed by atoms with Crippen LogP contribution in [0.15, 0.2) is 55.1 Å². The number of rotatable bonds is 7. The van der Waals surface area contributed by atoms with E-state index in [1.807, 2.05) is 49.4 Å². The van der Waals surface area contributed by atoms with Crippen LogP contribution in [0.1, 0.15) is 24.1 Å². The van der Waals surface area contributed by atoms with Gasteiger partial charge in [-0.15, -0.1) is 0 Å². The Balaban J connectivity index is 1.54. The van der Waals surface area contributed by atoms with E-state index in [0.717, 1.165) is 16.8 Å². The van der Waals surface area contributed by atoms with E-state index in [-0.39, 0.29) is 12.1 Å². The minimum Gasteiger partial charge on any atom is -0.493 e. The summed E-state index contributed by atoms with van der Waals surface area (Å²) in [5.74, 6) is 1.28. The minimum atomic E-state index is -0.248. The van der Waals surface area contributed by atoms with E-state index in [1.54, 1.807) is 25.2 Å². The molecule has 0 saturated heterocycles. The number of nitrogens with one attached hydrogen (secondary N) is 2. The van der Waals surface area contributed by atoms with E-state index in [9.17, 15) is 4.79 Å². The third-order valence-electron chi connectivity index (χ3n) is 4.33. The predicted octanol–water partition coefficient (Wildman–Crippen LogP) is 2.84. The maximum Gasteiger partial charge on any atom is 0.315 e. The highest BCUT2D eigenvalue weighted by Gasteiger charge is 2.10. The summed E-state index contributed by atoms with van der Waals surface area (Å²) in [6, 6.07) is 12.9. The van der Waals surface area contributed by atoms with Gasteiger partial charge in [0.15, 0.2) is 11.5 Å². The van der Waals surface area contributed by atoms with Crippen molar-refractivity contribution in [1.82, 2.24) is 25.4 Å². The molecule has 146 valence electrons. The molecule has 0 aliphatic heterocycles. The topological polar surface area (TPSA) is 90.3 Å². The van der Waals surface area contributed by atoms with Crippen LogP contribution in [0, 0.1) is 0 Å². The van der Waals surface area contributed by atoms with Crippen LogP contribution >= 0.6 is 0 Å². The number of urea groups is 1. The molecule has 2 aromatic carbocycles. The molecule has 3 rings (SSSR count). The van der Waals surface area contributed by atoms with Crippen LogP contribution in [0.3, 0.4) is 0 Å². The smallest absolute Gasteiger partial charge is 0.315 e. The van der Waals surface area contributed by atoms with Gasteiger partial charge in [-0.25, -0.2) is 14.5 Å². The summed E-state index contributed by atoms with van der Waals surface area (Å²) in [5, 5.41) is 9.88. The van der Waals surface area contributed by atoms with Crippen LogP contribution < -0.4 is 20.1 Å². The Hall–Kier alpha value is -3.55. The van der Waals surface area contributed by atoms with Crippen molar-refractivity contribution >= 4 is 6.03 Å². The Morgan fingerprint density at radius 2 is 1.86 bits per heavy atom. The second kappa shape index (κ2) is 8.90. The zero-order valence-corrected chi connectivity index (χ0v) is 16.0. The highest BCUT2D eigenvalue weighted by molar-refractivity contribution is 5.74. The van der Waals surface area contributed by atoms with E-state index in [2.05, 4.69) is 20.7 Å². The molecule has 8 heteroatoms. The Morgan fingerprint density at radius 1 is 1.11 bits per heavy atom. The first-order chi connectivity index (χ1) is 13.6. The molecule has 2 amide bonds. The van der Waals surface area contributed by atoms with Gasteiger partial charge in [0.05, 0.1) is 25.9 Å². The van der Waals surface area contributed by atoms with Gasteiger partial charge in [-0.1, -0.05) is 18.2 Å². The highest BCUT2D eigenvalue weighted by Crippen LogP contribution is 2.27. The van der Waals surface area contributed by atoms with E-state index in [0.29, 0.717) is 18.0 Å². The van der Waals surface area contributed by atoms with Crippen LogP contribution in [0.2, 0.25) is 0 Å². The molecule has 0 fully saturated rings. The third kappa shape index (κ3) is 4.59. The first-order valence-corrected chi connectivity index (χ1v) is 8.81. The molecule has 0 aliphatic carbocycles. The van der Waals surface area contributed by atoms with E-state index in [4.69, 9.17) is 9.47 Å². The Morgan fingerprint density at radius 3 is 2.50 bits per heavy atom. The molecule has 28 heavy (non-hydrogen) atoms. The first-order valence-electron chi connectivity index (χ1n) is 8.81. The van der Waals surface area contributed by atoms with Crippen molar-refractivity contribution in [3.63, 3.8) is 0 Å². The number of hydrogen-bond acceptors (Lipinski definition) is 5. The SMILES string of the molecule is COc1ccc(CNC(=O)NC(C)c2ccc(-n3cncn3)cc2)cc1OC. The monoisotopic (exact) mass is 381 g/mol. The zero-order chi connectivity index (χ0) is 19.9. The number of ether oxygens (including phenoxy) is 2. The summed E-state index contributed by atoms with van der Waals surface area (Å²) >= 11 is 0. The average Bonchev–Trinajstić information content (AvgIpc) is 3.27. The zero-order valence-electron chi connectivity index (χ0n) is 16.0. The Kier molecular flexibility index (Phi) is 6.11. The number of carbonyl (C=O) groups excluding carboxylic acids is 1. The maximum absolute atomic E-state index is 12.2. The van der Waals surface area contributed by atoms with Gasteiger partial charge in [0.2, 0.25) is 0 Å². The summed E-state index contributed by atoms with van der Waals surface area (Å²) in [7, 11) is 3.17. The van der Waals surface area contributed by atoms with Crippen molar-refractivity contribution in [1.29, 1.82) is 0 Å². The summed E-state index contributed by atoms with van der Waals surface area (Å²) < 4.78 is 12.2. The van der Waals surface area contributed by atoms with E-state index >= 15 is 0 Å². The van der Waals surface area contributed by atoms with Crippen LogP contribution in [0.5, 0.6) is 11.5 Å². The molecular weight excluding hydrogens is 358 g/mol. The highest BCUT2D eigenvalue weighted by atomic mass is 16.5. The normalized spacial score (nSPS) is 11.5. The molecule has 1 atom stereocenters. The molecular formula is C20H23N5O3. The molecule has 0 spiro atoms. The molecule has 0 radical (unpaired) electrons. The molecule has 8 nitrogen and oxygen atoms in total. The van der Waals surface area contributed by atoms with Gasteiger partial charge in [-0.2, -0.15) is 5.10 Å². The lowest BCUT2D eigenvalue weighted by molar-refractivity contribution is 0.237. The molecule has 1 aromatic heterocycles. The molecule has 1 unspecified atom stereocenters. The fraction of sp³-hybridized carbons (Fsp3) is 0.250. The molecule has 3 aromatic rings. The van der Waals surface area contributed by atoms with E-state index in [1.165, 1.54) is 6.33 Å². The van der Waals surface area contributed by atoms with Crippen molar-refractivity contribution < 1.29 is 14.3 Å². The molecule has 2 N–H and O–H groups in total. The van der Waals surface area contributed by atoms with Crippen molar-refractivity contribution in [3.05, 3.63) is 66.2 Å². The summed E-state index contributed by atoms with van der Waals surface area (Å²) in [4.78, 5) is 16.2. The van der Waals surface area contributed by atoms with Gasteiger partial charge in [0, 0.05) is 6.54 Å². The standard InChI is InChI=1S/C20H23N5O3/c1-14(16-5-7-17(8-6-16)25-13-21-12-23-25)24-20(26)22-11-15-4-9-18(27-2)19(10-15)28-3/h4-10,12-14H,11H2,1-3H3,(H2,22,24,26). The molecule has 1 heterocycles. The number of amides is 2. The van der Waals surface area contributed by atoms with Crippen molar-refractivity contribution in [3.8, 4) is 17.2 Å². The number of nitrogens with zero attached hydrogens (tertiary/aromatic N) is 3. The second-order valence-corrected chi connectivity index (χ2v) is 6.17. The maximum atomic E-state index is 12.2. The van der Waals surface area contributed by atoms with Crippen molar-refractivity contribution in [2.45, 2.75) is 19.5 Å². The Labute approximate surface area is 163 Å². The molecule has 0 bridgehead atoms. The lowest BCUT2D eigenvalue weighted by Crippen LogP contribution is -2.36.